The molecule has 1 aliphatic rings. The van der Waals surface area contributed by atoms with Crippen molar-refractivity contribution in [1.82, 2.24) is 10.3 Å². The summed E-state index contributed by atoms with van der Waals surface area (Å²) < 4.78 is 0. The Labute approximate surface area is 120 Å². The number of aliphatic hydroxyl groups is 1. The molecule has 2 unspecified atom stereocenters. The van der Waals surface area contributed by atoms with E-state index in [4.69, 9.17) is 0 Å². The summed E-state index contributed by atoms with van der Waals surface area (Å²) >= 11 is 1.44. The van der Waals surface area contributed by atoms with Gasteiger partial charge in [0.15, 0.2) is 5.13 Å². The van der Waals surface area contributed by atoms with Gasteiger partial charge in [0.25, 0.3) is 0 Å². The summed E-state index contributed by atoms with van der Waals surface area (Å²) in [6, 6.07) is 9.58. The van der Waals surface area contributed by atoms with E-state index in [0.29, 0.717) is 18.1 Å². The summed E-state index contributed by atoms with van der Waals surface area (Å²) in [6.07, 6.45) is 1.76. The molecule has 1 aromatic carbocycles. The molecule has 0 radical (unpaired) electrons. The van der Waals surface area contributed by atoms with Gasteiger partial charge in [-0.3, -0.25) is 4.79 Å². The van der Waals surface area contributed by atoms with Crippen molar-refractivity contribution in [2.45, 2.75) is 18.6 Å². The van der Waals surface area contributed by atoms with E-state index in [0.717, 1.165) is 10.4 Å². The lowest BCUT2D eigenvalue weighted by molar-refractivity contribution is -0.117. The third kappa shape index (κ3) is 2.87. The van der Waals surface area contributed by atoms with E-state index in [2.05, 4.69) is 15.6 Å². The molecule has 1 aromatic heterocycles. The van der Waals surface area contributed by atoms with E-state index >= 15 is 0 Å². The molecule has 0 saturated carbocycles. The van der Waals surface area contributed by atoms with Crippen LogP contribution in [0.1, 0.15) is 6.42 Å². The second kappa shape index (κ2) is 5.70. The maximum absolute atomic E-state index is 12.0. The predicted octanol–water partition coefficient (Wildman–Crippen LogP) is 1.47. The van der Waals surface area contributed by atoms with Gasteiger partial charge in [0, 0.05) is 12.7 Å². The van der Waals surface area contributed by atoms with Crippen LogP contribution in [0.2, 0.25) is 0 Å². The lowest BCUT2D eigenvalue weighted by Crippen LogP contribution is -2.35. The minimum absolute atomic E-state index is 0.143. The van der Waals surface area contributed by atoms with Crippen LogP contribution in [0.4, 0.5) is 5.13 Å². The largest absolute Gasteiger partial charge is 0.392 e. The fraction of sp³-hybridized carbons (Fsp3) is 0.286. The van der Waals surface area contributed by atoms with Crippen LogP contribution in [-0.2, 0) is 4.79 Å². The number of carbonyl (C=O) groups excluding carboxylic acids is 1. The number of thiazole rings is 1. The molecule has 6 heteroatoms. The molecule has 104 valence electrons. The Balaban J connectivity index is 1.67. The van der Waals surface area contributed by atoms with E-state index in [1.165, 1.54) is 11.3 Å². The molecule has 1 amide bonds. The van der Waals surface area contributed by atoms with E-state index in [1.54, 1.807) is 6.20 Å². The molecule has 5 nitrogen and oxygen atoms in total. The van der Waals surface area contributed by atoms with E-state index in [9.17, 15) is 9.90 Å². The number of hydrogen-bond acceptors (Lipinski definition) is 5. The lowest BCUT2D eigenvalue weighted by Gasteiger charge is -2.08. The second-order valence-electron chi connectivity index (χ2n) is 4.74. The summed E-state index contributed by atoms with van der Waals surface area (Å²) in [4.78, 5) is 17.2. The summed E-state index contributed by atoms with van der Waals surface area (Å²) in [5.41, 5.74) is 1.08. The molecule has 0 bridgehead atoms. The quantitative estimate of drug-likeness (QED) is 0.800. The van der Waals surface area contributed by atoms with Crippen molar-refractivity contribution in [1.29, 1.82) is 0 Å². The molecule has 0 spiro atoms. The van der Waals surface area contributed by atoms with Crippen molar-refractivity contribution in [3.05, 3.63) is 36.5 Å². The van der Waals surface area contributed by atoms with Gasteiger partial charge in [0.1, 0.15) is 0 Å². The van der Waals surface area contributed by atoms with Crippen LogP contribution in [0.5, 0.6) is 0 Å². The second-order valence-corrected chi connectivity index (χ2v) is 5.77. The van der Waals surface area contributed by atoms with Crippen LogP contribution < -0.4 is 10.6 Å². The molecular formula is C14H15N3O2S. The van der Waals surface area contributed by atoms with Crippen molar-refractivity contribution in [2.75, 3.05) is 11.9 Å². The number of aromatic nitrogens is 1. The molecule has 1 saturated heterocycles. The number of carbonyl (C=O) groups is 1. The number of nitrogens with one attached hydrogen (secondary N) is 2. The number of anilines is 1. The predicted molar refractivity (Wildman–Crippen MR) is 78.6 cm³/mol. The van der Waals surface area contributed by atoms with Crippen molar-refractivity contribution < 1.29 is 9.90 Å². The van der Waals surface area contributed by atoms with Gasteiger partial charge in [0.2, 0.25) is 5.91 Å². The molecule has 0 aliphatic carbocycles. The number of rotatable bonds is 3. The average molecular weight is 289 g/mol. The van der Waals surface area contributed by atoms with Crippen LogP contribution in [0.3, 0.4) is 0 Å². The van der Waals surface area contributed by atoms with Crippen LogP contribution in [0, 0.1) is 0 Å². The Kier molecular flexibility index (Phi) is 3.77. The average Bonchev–Trinajstić information content (AvgIpc) is 3.09. The van der Waals surface area contributed by atoms with Crippen molar-refractivity contribution in [3.8, 4) is 10.4 Å². The first kappa shape index (κ1) is 13.2. The van der Waals surface area contributed by atoms with Gasteiger partial charge in [0.05, 0.1) is 17.0 Å². The van der Waals surface area contributed by atoms with E-state index in [-0.39, 0.29) is 11.9 Å². The third-order valence-electron chi connectivity index (χ3n) is 3.22. The Morgan fingerprint density at radius 1 is 1.40 bits per heavy atom. The maximum Gasteiger partial charge on any atom is 0.243 e. The zero-order valence-electron chi connectivity index (χ0n) is 10.7. The molecule has 1 fully saturated rings. The molecule has 3 N–H and O–H groups in total. The number of nitrogens with zero attached hydrogens (tertiary/aromatic N) is 1. The Morgan fingerprint density at radius 3 is 2.90 bits per heavy atom. The first-order valence-electron chi connectivity index (χ1n) is 6.46. The number of amides is 1. The van der Waals surface area contributed by atoms with Crippen molar-refractivity contribution in [3.63, 3.8) is 0 Å². The zero-order chi connectivity index (χ0) is 13.9. The Morgan fingerprint density at radius 2 is 2.20 bits per heavy atom. The first-order chi connectivity index (χ1) is 9.72. The van der Waals surface area contributed by atoms with Crippen LogP contribution in [0.25, 0.3) is 10.4 Å². The molecule has 2 atom stereocenters. The molecule has 2 heterocycles. The van der Waals surface area contributed by atoms with Crippen LogP contribution >= 0.6 is 11.3 Å². The van der Waals surface area contributed by atoms with Gasteiger partial charge >= 0.3 is 0 Å². The number of benzene rings is 1. The molecule has 3 rings (SSSR count). The van der Waals surface area contributed by atoms with Crippen molar-refractivity contribution in [2.24, 2.45) is 0 Å². The Hall–Kier alpha value is -1.76. The summed E-state index contributed by atoms with van der Waals surface area (Å²) in [5.74, 6) is -0.143. The highest BCUT2D eigenvalue weighted by molar-refractivity contribution is 7.19. The lowest BCUT2D eigenvalue weighted by atomic mass is 10.2. The fourth-order valence-corrected chi connectivity index (χ4v) is 3.00. The molecule has 1 aliphatic heterocycles. The standard InChI is InChI=1S/C14H15N3O2S/c18-10-6-11(15-7-10)13(19)17-14-16-8-12(20-14)9-4-2-1-3-5-9/h1-5,8,10-11,15,18H,6-7H2,(H,16,17,19). The van der Waals surface area contributed by atoms with Gasteiger partial charge in [-0.05, 0) is 12.0 Å². The summed E-state index contributed by atoms with van der Waals surface area (Å²) in [6.45, 7) is 0.464. The van der Waals surface area contributed by atoms with E-state index in [1.807, 2.05) is 30.3 Å². The van der Waals surface area contributed by atoms with Gasteiger partial charge in [-0.15, -0.1) is 0 Å². The first-order valence-corrected chi connectivity index (χ1v) is 7.27. The smallest absolute Gasteiger partial charge is 0.243 e. The zero-order valence-corrected chi connectivity index (χ0v) is 11.6. The fourth-order valence-electron chi connectivity index (χ4n) is 2.18. The normalized spacial score (nSPS) is 21.9. The van der Waals surface area contributed by atoms with Gasteiger partial charge in [-0.1, -0.05) is 41.7 Å². The van der Waals surface area contributed by atoms with Crippen LogP contribution in [-0.4, -0.2) is 34.7 Å². The number of aliphatic hydroxyl groups excluding tert-OH is 1. The monoisotopic (exact) mass is 289 g/mol. The molecule has 20 heavy (non-hydrogen) atoms. The minimum atomic E-state index is -0.443. The van der Waals surface area contributed by atoms with Gasteiger partial charge < -0.3 is 15.7 Å². The summed E-state index contributed by atoms with van der Waals surface area (Å²) in [7, 11) is 0. The van der Waals surface area contributed by atoms with Crippen molar-refractivity contribution >= 4 is 22.4 Å². The number of β-amino-alcohol motifs (C(OH)–C–C–N with tert-alkyl or cyclic N) is 1. The Bertz CT molecular complexity index is 599. The number of hydrogen-bond donors (Lipinski definition) is 3. The SMILES string of the molecule is O=C(Nc1ncc(-c2ccccc2)s1)C1CC(O)CN1. The topological polar surface area (TPSA) is 74.2 Å². The van der Waals surface area contributed by atoms with Crippen LogP contribution in [0.15, 0.2) is 36.5 Å². The molecule has 2 aromatic rings. The summed E-state index contributed by atoms with van der Waals surface area (Å²) in [5, 5.41) is 15.8. The van der Waals surface area contributed by atoms with E-state index < -0.39 is 6.10 Å². The highest BCUT2D eigenvalue weighted by Gasteiger charge is 2.28. The maximum atomic E-state index is 12.0. The minimum Gasteiger partial charge on any atom is -0.392 e. The van der Waals surface area contributed by atoms with Gasteiger partial charge in [-0.2, -0.15) is 0 Å². The molecular weight excluding hydrogens is 274 g/mol. The highest BCUT2D eigenvalue weighted by Crippen LogP contribution is 2.28. The third-order valence-corrected chi connectivity index (χ3v) is 4.18. The van der Waals surface area contributed by atoms with Gasteiger partial charge in [-0.25, -0.2) is 4.98 Å². The highest BCUT2D eigenvalue weighted by atomic mass is 32.1.